The molecule has 0 atom stereocenters. The molecule has 26 heavy (non-hydrogen) atoms. The van der Waals surface area contributed by atoms with Gasteiger partial charge in [0.05, 0.1) is 0 Å². The molecule has 0 saturated carbocycles. The minimum Gasteiger partial charge on any atom is -0.726 e. The third-order valence-corrected chi connectivity index (χ3v) is 2.56. The Bertz CT molecular complexity index is 796. The molecule has 0 aliphatic rings. The molecule has 0 bridgehead atoms. The average Bonchev–Trinajstić information content (AvgIpc) is 2.51. The van der Waals surface area contributed by atoms with Gasteiger partial charge in [0.2, 0.25) is 10.4 Å². The predicted molar refractivity (Wildman–Crippen MR) is 88.2 cm³/mol. The zero-order chi connectivity index (χ0) is 19.8. The number of hydrogen-bond acceptors (Lipinski definition) is 8. The van der Waals surface area contributed by atoms with E-state index in [1.165, 1.54) is 0 Å². The van der Waals surface area contributed by atoms with Gasteiger partial charge in [-0.2, -0.15) is 0 Å². The number of carbonyl (C=O) groups is 1. The van der Waals surface area contributed by atoms with Crippen LogP contribution in [0, 0.1) is 0 Å². The first kappa shape index (κ1) is 21.5. The van der Waals surface area contributed by atoms with E-state index in [-0.39, 0.29) is 12.4 Å². The Morgan fingerprint density at radius 3 is 2.35 bits per heavy atom. The molecular weight excluding hydrogens is 364 g/mol. The first-order valence-electron chi connectivity index (χ1n) is 7.47. The normalized spacial score (nSPS) is 11.3. The fraction of sp³-hybridized carbons (Fsp3) is 0.400. The van der Waals surface area contributed by atoms with Crippen molar-refractivity contribution in [1.29, 1.82) is 0 Å². The first-order valence-corrected chi connectivity index (χ1v) is 8.84. The summed E-state index contributed by atoms with van der Waals surface area (Å²) in [5.74, 6) is 0.400. The predicted octanol–water partition coefficient (Wildman–Crippen LogP) is 0.563. The van der Waals surface area contributed by atoms with E-state index in [0.717, 1.165) is 5.56 Å². The molecule has 2 aromatic rings. The van der Waals surface area contributed by atoms with Crippen LogP contribution in [0.4, 0.5) is 0 Å². The van der Waals surface area contributed by atoms with Gasteiger partial charge in [-0.25, -0.2) is 18.4 Å². The van der Waals surface area contributed by atoms with E-state index in [9.17, 15) is 4.79 Å². The lowest BCUT2D eigenvalue weighted by Crippen LogP contribution is -2.39. The Morgan fingerprint density at radius 2 is 1.88 bits per heavy atom. The van der Waals surface area contributed by atoms with Gasteiger partial charge in [-0.15, -0.1) is 0 Å². The van der Waals surface area contributed by atoms with Crippen LogP contribution in [0.25, 0.3) is 11.4 Å². The smallest absolute Gasteiger partial charge is 0.312 e. The van der Waals surface area contributed by atoms with Gasteiger partial charge in [0.25, 0.3) is 0 Å². The van der Waals surface area contributed by atoms with Crippen molar-refractivity contribution in [3.63, 3.8) is 0 Å². The highest BCUT2D eigenvalue weighted by atomic mass is 32.3. The monoisotopic (exact) mass is 384 g/mol. The maximum absolute atomic E-state index is 11.6. The number of hydrogen-bond donors (Lipinski definition) is 1. The molecule has 0 aromatic carbocycles. The van der Waals surface area contributed by atoms with Crippen molar-refractivity contribution in [2.75, 3.05) is 0 Å². The van der Waals surface area contributed by atoms with E-state index in [0.29, 0.717) is 12.4 Å². The molecule has 0 aliphatic heterocycles. The summed E-state index contributed by atoms with van der Waals surface area (Å²) >= 11 is 0. The van der Waals surface area contributed by atoms with Crippen molar-refractivity contribution < 1.29 is 31.7 Å². The molecule has 0 amide bonds. The molecule has 2 heterocycles. The molecule has 11 heteroatoms. The average molecular weight is 384 g/mol. The van der Waals surface area contributed by atoms with Gasteiger partial charge in [-0.05, 0) is 31.9 Å². The SMILES string of the molecule is CC(C)(C)OC(=O)CC[n+]1ccc(-c2ncccn2)cn1.O=S(=O)([O-])O. The lowest BCUT2D eigenvalue weighted by Gasteiger charge is -2.18. The van der Waals surface area contributed by atoms with Crippen molar-refractivity contribution in [2.45, 2.75) is 39.3 Å². The second kappa shape index (κ2) is 9.27. The fourth-order valence-electron chi connectivity index (χ4n) is 1.70. The summed E-state index contributed by atoms with van der Waals surface area (Å²) in [5, 5.41) is 4.25. The molecule has 0 spiro atoms. The summed E-state index contributed by atoms with van der Waals surface area (Å²) in [5.41, 5.74) is 0.382. The Hall–Kier alpha value is -2.50. The highest BCUT2D eigenvalue weighted by Crippen LogP contribution is 2.10. The number of carbonyl (C=O) groups excluding carboxylic acids is 1. The number of aryl methyl sites for hydroxylation is 1. The summed E-state index contributed by atoms with van der Waals surface area (Å²) in [6.07, 6.45) is 7.15. The molecule has 0 saturated heterocycles. The second-order valence-electron chi connectivity index (χ2n) is 6.02. The van der Waals surface area contributed by atoms with Crippen LogP contribution in [0.5, 0.6) is 0 Å². The van der Waals surface area contributed by atoms with E-state index in [1.54, 1.807) is 35.5 Å². The van der Waals surface area contributed by atoms with Gasteiger partial charge in [0.15, 0.2) is 18.6 Å². The minimum absolute atomic E-state index is 0.229. The molecule has 1 N–H and O–H groups in total. The summed E-state index contributed by atoms with van der Waals surface area (Å²) in [4.78, 5) is 20.0. The van der Waals surface area contributed by atoms with Crippen LogP contribution in [0.3, 0.4) is 0 Å². The van der Waals surface area contributed by atoms with Gasteiger partial charge in [-0.3, -0.25) is 9.35 Å². The second-order valence-corrected chi connectivity index (χ2v) is 6.87. The Labute approximate surface area is 151 Å². The molecule has 0 radical (unpaired) electrons. The minimum atomic E-state index is -4.92. The van der Waals surface area contributed by atoms with Crippen molar-refractivity contribution in [1.82, 2.24) is 15.1 Å². The molecule has 0 aliphatic carbocycles. The maximum Gasteiger partial charge on any atom is 0.312 e. The van der Waals surface area contributed by atoms with Crippen LogP contribution in [-0.2, 0) is 26.5 Å². The van der Waals surface area contributed by atoms with Crippen LogP contribution in [0.1, 0.15) is 27.2 Å². The van der Waals surface area contributed by atoms with Gasteiger partial charge < -0.3 is 9.29 Å². The quantitative estimate of drug-likeness (QED) is 0.345. The fourth-order valence-corrected chi connectivity index (χ4v) is 1.70. The standard InChI is InChI=1S/C15H19N4O2.H2O4S/c1-15(2,3)21-13(20)6-10-19-9-5-12(11-18-19)14-16-7-4-8-17-14;1-5(2,3)4/h4-5,7-9,11H,6,10H2,1-3H3;(H2,1,2,3,4)/q+1;/p-1. The molecule has 142 valence electrons. The van der Waals surface area contributed by atoms with Crippen molar-refractivity contribution >= 4 is 16.4 Å². The largest absolute Gasteiger partial charge is 0.726 e. The van der Waals surface area contributed by atoms with E-state index < -0.39 is 16.0 Å². The summed E-state index contributed by atoms with van der Waals surface area (Å²) in [7, 11) is -4.92. The third-order valence-electron chi connectivity index (χ3n) is 2.56. The molecule has 0 unspecified atom stereocenters. The lowest BCUT2D eigenvalue weighted by molar-refractivity contribution is -0.753. The first-order chi connectivity index (χ1) is 11.9. The van der Waals surface area contributed by atoms with Crippen LogP contribution in [0.2, 0.25) is 0 Å². The van der Waals surface area contributed by atoms with Gasteiger partial charge in [-0.1, -0.05) is 4.68 Å². The van der Waals surface area contributed by atoms with Gasteiger partial charge in [0, 0.05) is 24.0 Å². The molecule has 10 nitrogen and oxygen atoms in total. The van der Waals surface area contributed by atoms with Gasteiger partial charge in [0.1, 0.15) is 18.2 Å². The zero-order valence-corrected chi connectivity index (χ0v) is 15.4. The lowest BCUT2D eigenvalue weighted by atomic mass is 10.2. The summed E-state index contributed by atoms with van der Waals surface area (Å²) in [6, 6.07) is 3.64. The Morgan fingerprint density at radius 1 is 1.31 bits per heavy atom. The van der Waals surface area contributed by atoms with Crippen molar-refractivity contribution in [3.8, 4) is 11.4 Å². The summed E-state index contributed by atoms with van der Waals surface area (Å²) < 4.78 is 39.8. The molecule has 2 rings (SSSR count). The molecule has 0 fully saturated rings. The number of ether oxygens (including phenoxy) is 1. The maximum atomic E-state index is 11.6. The van der Waals surface area contributed by atoms with E-state index in [4.69, 9.17) is 22.3 Å². The van der Waals surface area contributed by atoms with Crippen LogP contribution < -0.4 is 4.68 Å². The number of esters is 1. The number of rotatable bonds is 4. The molecule has 2 aromatic heterocycles. The topological polar surface area (TPSA) is 146 Å². The van der Waals surface area contributed by atoms with Crippen molar-refractivity contribution in [2.24, 2.45) is 0 Å². The number of nitrogens with zero attached hydrogens (tertiary/aromatic N) is 4. The number of aromatic nitrogens is 4. The Kier molecular flexibility index (Phi) is 7.68. The zero-order valence-electron chi connectivity index (χ0n) is 14.6. The van der Waals surface area contributed by atoms with Crippen LogP contribution in [-0.4, -0.2) is 44.2 Å². The Balaban J connectivity index is 0.000000597. The van der Waals surface area contributed by atoms with Crippen LogP contribution >= 0.6 is 0 Å². The molecular formula is C15H20N4O6S. The van der Waals surface area contributed by atoms with E-state index >= 15 is 0 Å². The van der Waals surface area contributed by atoms with Crippen molar-refractivity contribution in [3.05, 3.63) is 36.9 Å². The van der Waals surface area contributed by atoms with Crippen LogP contribution in [0.15, 0.2) is 36.9 Å². The third kappa shape index (κ3) is 10.4. The van der Waals surface area contributed by atoms with Gasteiger partial charge >= 0.3 is 5.97 Å². The van der Waals surface area contributed by atoms with E-state index in [1.807, 2.05) is 26.8 Å². The summed E-state index contributed by atoms with van der Waals surface area (Å²) in [6.45, 7) is 6.03. The highest BCUT2D eigenvalue weighted by Gasteiger charge is 2.18. The van der Waals surface area contributed by atoms with E-state index in [2.05, 4.69) is 15.1 Å². The highest BCUT2D eigenvalue weighted by molar-refractivity contribution is 7.79.